The highest BCUT2D eigenvalue weighted by atomic mass is 16.5. The molecule has 0 aliphatic rings. The molecule has 0 rings (SSSR count). The lowest BCUT2D eigenvalue weighted by molar-refractivity contribution is -0.0144. The quantitative estimate of drug-likeness (QED) is 0.657. The number of ether oxygens (including phenoxy) is 1. The van der Waals surface area contributed by atoms with Crippen LogP contribution in [0.3, 0.4) is 0 Å². The molecule has 0 spiro atoms. The molecule has 0 unspecified atom stereocenters. The minimum atomic E-state index is -0.971. The molecule has 0 aliphatic carbocycles. The van der Waals surface area contributed by atoms with Gasteiger partial charge < -0.3 is 9.84 Å². The molecule has 0 saturated heterocycles. The number of aliphatic hydroxyl groups is 1. The van der Waals surface area contributed by atoms with Crippen molar-refractivity contribution >= 4 is 0 Å². The summed E-state index contributed by atoms with van der Waals surface area (Å²) in [6.45, 7) is 5.94. The summed E-state index contributed by atoms with van der Waals surface area (Å²) in [6.07, 6.45) is 9.83. The van der Waals surface area contributed by atoms with Crippen LogP contribution in [-0.4, -0.2) is 23.4 Å². The van der Waals surface area contributed by atoms with Gasteiger partial charge in [0.25, 0.3) is 0 Å². The lowest BCUT2D eigenvalue weighted by atomic mass is 9.90. The lowest BCUT2D eigenvalue weighted by Gasteiger charge is -2.28. The van der Waals surface area contributed by atoms with E-state index in [9.17, 15) is 5.11 Å². The molecule has 1 N–H and O–H groups in total. The largest absolute Gasteiger partial charge is 0.379 e. The van der Waals surface area contributed by atoms with E-state index in [1.54, 1.807) is 14.0 Å². The Labute approximate surface area is 94.0 Å². The topological polar surface area (TPSA) is 29.5 Å². The smallest absolute Gasteiger partial charge is 0.122 e. The number of methoxy groups -OCH3 is 1. The van der Waals surface area contributed by atoms with E-state index in [-0.39, 0.29) is 5.60 Å². The first-order valence-corrected chi connectivity index (χ1v) is 5.64. The molecule has 88 valence electrons. The highest BCUT2D eigenvalue weighted by molar-refractivity contribution is 5.04. The van der Waals surface area contributed by atoms with Crippen LogP contribution < -0.4 is 0 Å². The van der Waals surface area contributed by atoms with Crippen LogP contribution in [0.1, 0.15) is 52.9 Å². The molecule has 2 nitrogen and oxygen atoms in total. The number of hydrogen-bond donors (Lipinski definition) is 1. The molecule has 2 heteroatoms. The summed E-state index contributed by atoms with van der Waals surface area (Å²) in [5.41, 5.74) is -1.04. The molecule has 0 bridgehead atoms. The zero-order chi connectivity index (χ0) is 11.9. The van der Waals surface area contributed by atoms with Gasteiger partial charge >= 0.3 is 0 Å². The lowest BCUT2D eigenvalue weighted by Crippen LogP contribution is -2.28. The van der Waals surface area contributed by atoms with Crippen LogP contribution in [0.15, 0.2) is 0 Å². The molecule has 0 heterocycles. The third-order valence-corrected chi connectivity index (χ3v) is 2.95. The third-order valence-electron chi connectivity index (χ3n) is 2.95. The number of terminal acetylenes is 1. The zero-order valence-electron chi connectivity index (χ0n) is 10.5. The van der Waals surface area contributed by atoms with Gasteiger partial charge in [-0.3, -0.25) is 0 Å². The predicted octanol–water partition coefficient (Wildman–Crippen LogP) is 2.75. The summed E-state index contributed by atoms with van der Waals surface area (Å²) in [5.74, 6) is 2.39. The summed E-state index contributed by atoms with van der Waals surface area (Å²) >= 11 is 0. The highest BCUT2D eigenvalue weighted by Gasteiger charge is 2.24. The SMILES string of the molecule is C#C[C@@](C)(O)CCC[C@@](C)(CCC)OC. The number of rotatable bonds is 7. The zero-order valence-corrected chi connectivity index (χ0v) is 10.5. The average molecular weight is 212 g/mol. The molecule has 15 heavy (non-hydrogen) atoms. The normalized spacial score (nSPS) is 18.9. The van der Waals surface area contributed by atoms with E-state index in [4.69, 9.17) is 11.2 Å². The van der Waals surface area contributed by atoms with E-state index < -0.39 is 5.60 Å². The Kier molecular flexibility index (Phi) is 5.93. The van der Waals surface area contributed by atoms with E-state index >= 15 is 0 Å². The van der Waals surface area contributed by atoms with Gasteiger partial charge in [-0.05, 0) is 39.5 Å². The van der Waals surface area contributed by atoms with E-state index in [2.05, 4.69) is 19.8 Å². The van der Waals surface area contributed by atoms with E-state index in [1.807, 2.05) is 0 Å². The maximum absolute atomic E-state index is 9.65. The van der Waals surface area contributed by atoms with Crippen LogP contribution >= 0.6 is 0 Å². The summed E-state index contributed by atoms with van der Waals surface area (Å²) in [6, 6.07) is 0. The first-order valence-electron chi connectivity index (χ1n) is 5.64. The minimum Gasteiger partial charge on any atom is -0.379 e. The van der Waals surface area contributed by atoms with Crippen molar-refractivity contribution in [3.8, 4) is 12.3 Å². The molecule has 0 fully saturated rings. The fourth-order valence-electron chi connectivity index (χ4n) is 1.74. The Morgan fingerprint density at radius 1 is 1.27 bits per heavy atom. The Bertz CT molecular complexity index is 215. The Morgan fingerprint density at radius 2 is 1.87 bits per heavy atom. The van der Waals surface area contributed by atoms with Crippen molar-refractivity contribution in [3.05, 3.63) is 0 Å². The van der Waals surface area contributed by atoms with Crippen LogP contribution in [-0.2, 0) is 4.74 Å². The standard InChI is InChI=1S/C13H24O2/c1-6-9-13(4,15-5)11-8-10-12(3,14)7-2/h2,14H,6,8-11H2,1,3-5H3/t12-,13-/m1/s1. The van der Waals surface area contributed by atoms with Crippen molar-refractivity contribution in [2.24, 2.45) is 0 Å². The van der Waals surface area contributed by atoms with Crippen LogP contribution in [0, 0.1) is 12.3 Å². The maximum Gasteiger partial charge on any atom is 0.122 e. The second-order valence-corrected chi connectivity index (χ2v) is 4.68. The van der Waals surface area contributed by atoms with E-state index in [0.717, 1.165) is 25.7 Å². The van der Waals surface area contributed by atoms with Crippen LogP contribution in [0.2, 0.25) is 0 Å². The molecule has 0 aromatic rings. The van der Waals surface area contributed by atoms with Gasteiger partial charge in [0.1, 0.15) is 5.60 Å². The molecule has 0 aromatic carbocycles. The predicted molar refractivity (Wildman–Crippen MR) is 63.6 cm³/mol. The van der Waals surface area contributed by atoms with Gasteiger partial charge in [-0.15, -0.1) is 6.42 Å². The molecular weight excluding hydrogens is 188 g/mol. The van der Waals surface area contributed by atoms with E-state index in [1.165, 1.54) is 0 Å². The molecule has 0 aliphatic heterocycles. The molecule has 0 saturated carbocycles. The van der Waals surface area contributed by atoms with Gasteiger partial charge in [-0.25, -0.2) is 0 Å². The van der Waals surface area contributed by atoms with Gasteiger partial charge in [0, 0.05) is 7.11 Å². The minimum absolute atomic E-state index is 0.0700. The van der Waals surface area contributed by atoms with Crippen molar-refractivity contribution in [1.82, 2.24) is 0 Å². The fraction of sp³-hybridized carbons (Fsp3) is 0.846. The van der Waals surface area contributed by atoms with Crippen LogP contribution in [0.25, 0.3) is 0 Å². The molecule has 2 atom stereocenters. The summed E-state index contributed by atoms with van der Waals surface area (Å²) in [5, 5.41) is 9.65. The van der Waals surface area contributed by atoms with Gasteiger partial charge in [0.05, 0.1) is 5.60 Å². The molecule has 0 aromatic heterocycles. The Hall–Kier alpha value is -0.520. The van der Waals surface area contributed by atoms with Crippen molar-refractivity contribution in [3.63, 3.8) is 0 Å². The molecular formula is C13H24O2. The first kappa shape index (κ1) is 14.5. The summed E-state index contributed by atoms with van der Waals surface area (Å²) < 4.78 is 5.49. The second kappa shape index (κ2) is 6.15. The molecule has 0 amide bonds. The second-order valence-electron chi connectivity index (χ2n) is 4.68. The van der Waals surface area contributed by atoms with Gasteiger partial charge in [0.2, 0.25) is 0 Å². The Morgan fingerprint density at radius 3 is 2.27 bits per heavy atom. The van der Waals surface area contributed by atoms with Crippen molar-refractivity contribution in [1.29, 1.82) is 0 Å². The third kappa shape index (κ3) is 5.81. The van der Waals surface area contributed by atoms with Gasteiger partial charge in [-0.1, -0.05) is 19.3 Å². The van der Waals surface area contributed by atoms with Gasteiger partial charge in [0.15, 0.2) is 0 Å². The van der Waals surface area contributed by atoms with Crippen molar-refractivity contribution in [2.45, 2.75) is 64.1 Å². The monoisotopic (exact) mass is 212 g/mol. The average Bonchev–Trinajstić information content (AvgIpc) is 2.18. The van der Waals surface area contributed by atoms with Crippen LogP contribution in [0.5, 0.6) is 0 Å². The van der Waals surface area contributed by atoms with Crippen LogP contribution in [0.4, 0.5) is 0 Å². The summed E-state index contributed by atoms with van der Waals surface area (Å²) in [7, 11) is 1.75. The summed E-state index contributed by atoms with van der Waals surface area (Å²) in [4.78, 5) is 0. The van der Waals surface area contributed by atoms with Gasteiger partial charge in [-0.2, -0.15) is 0 Å². The molecule has 0 radical (unpaired) electrons. The highest BCUT2D eigenvalue weighted by Crippen LogP contribution is 2.25. The Balaban J connectivity index is 3.98. The van der Waals surface area contributed by atoms with E-state index in [0.29, 0.717) is 6.42 Å². The van der Waals surface area contributed by atoms with Crippen molar-refractivity contribution in [2.75, 3.05) is 7.11 Å². The van der Waals surface area contributed by atoms with Crippen molar-refractivity contribution < 1.29 is 9.84 Å². The maximum atomic E-state index is 9.65. The number of hydrogen-bond acceptors (Lipinski definition) is 2. The fourth-order valence-corrected chi connectivity index (χ4v) is 1.74. The first-order chi connectivity index (χ1) is 6.89.